The second kappa shape index (κ2) is 9.41. The van der Waals surface area contributed by atoms with Crippen molar-refractivity contribution in [2.45, 2.75) is 26.7 Å². The number of amides is 3. The molecule has 0 heterocycles. The van der Waals surface area contributed by atoms with Gasteiger partial charge in [-0.25, -0.2) is 9.59 Å². The van der Waals surface area contributed by atoms with E-state index in [1.807, 2.05) is 13.8 Å². The zero-order chi connectivity index (χ0) is 14.0. The molecule has 7 nitrogen and oxygen atoms in total. The molecule has 0 spiro atoms. The van der Waals surface area contributed by atoms with Crippen molar-refractivity contribution in [1.82, 2.24) is 10.2 Å². The standard InChI is InChI=1S/C11H20N2O5/c1-3-5-6-13(4-2)11(17)12-9(14)7-18-8-10(15)16/h3-8H2,1-2H3,(H,15,16)(H,12,14,17). The van der Waals surface area contributed by atoms with Crippen LogP contribution in [0.3, 0.4) is 0 Å². The van der Waals surface area contributed by atoms with Crippen LogP contribution in [0.15, 0.2) is 0 Å². The van der Waals surface area contributed by atoms with Gasteiger partial charge in [-0.15, -0.1) is 0 Å². The lowest BCUT2D eigenvalue weighted by molar-refractivity contribution is -0.143. The molecule has 0 aliphatic heterocycles. The summed E-state index contributed by atoms with van der Waals surface area (Å²) in [7, 11) is 0. The first kappa shape index (κ1) is 16.4. The molecule has 0 aromatic rings. The molecule has 3 amide bonds. The van der Waals surface area contributed by atoms with Crippen molar-refractivity contribution in [2.24, 2.45) is 0 Å². The third kappa shape index (κ3) is 7.61. The summed E-state index contributed by atoms with van der Waals surface area (Å²) in [6, 6.07) is -0.477. The van der Waals surface area contributed by atoms with Gasteiger partial charge in [0.25, 0.3) is 5.91 Å². The molecule has 0 rings (SSSR count). The van der Waals surface area contributed by atoms with E-state index in [4.69, 9.17) is 5.11 Å². The maximum atomic E-state index is 11.6. The first-order valence-corrected chi connectivity index (χ1v) is 5.89. The predicted molar refractivity (Wildman–Crippen MR) is 64.1 cm³/mol. The Bertz CT molecular complexity index is 293. The van der Waals surface area contributed by atoms with Gasteiger partial charge in [0.15, 0.2) is 0 Å². The number of unbranched alkanes of at least 4 members (excludes halogenated alkanes) is 1. The fourth-order valence-corrected chi connectivity index (χ4v) is 1.22. The van der Waals surface area contributed by atoms with E-state index >= 15 is 0 Å². The number of aliphatic carboxylic acids is 1. The number of urea groups is 1. The molecule has 7 heteroatoms. The van der Waals surface area contributed by atoms with Gasteiger partial charge in [0.05, 0.1) is 0 Å². The van der Waals surface area contributed by atoms with Crippen LogP contribution in [-0.4, -0.2) is 54.2 Å². The average molecular weight is 260 g/mol. The minimum atomic E-state index is -1.16. The first-order valence-electron chi connectivity index (χ1n) is 5.89. The summed E-state index contributed by atoms with van der Waals surface area (Å²) < 4.78 is 4.57. The van der Waals surface area contributed by atoms with Crippen molar-refractivity contribution in [3.8, 4) is 0 Å². The van der Waals surface area contributed by atoms with Crippen LogP contribution in [0.1, 0.15) is 26.7 Å². The Morgan fingerprint density at radius 1 is 1.22 bits per heavy atom. The molecule has 0 saturated heterocycles. The molecule has 0 aromatic heterocycles. The number of hydrogen-bond donors (Lipinski definition) is 2. The van der Waals surface area contributed by atoms with Crippen LogP contribution in [0.4, 0.5) is 4.79 Å². The van der Waals surface area contributed by atoms with Crippen molar-refractivity contribution in [2.75, 3.05) is 26.3 Å². The van der Waals surface area contributed by atoms with E-state index in [1.165, 1.54) is 4.90 Å². The number of carbonyl (C=O) groups excluding carboxylic acids is 2. The second-order valence-corrected chi connectivity index (χ2v) is 3.67. The summed E-state index contributed by atoms with van der Waals surface area (Å²) in [4.78, 5) is 34.5. The van der Waals surface area contributed by atoms with E-state index in [1.54, 1.807) is 0 Å². The zero-order valence-electron chi connectivity index (χ0n) is 10.8. The summed E-state index contributed by atoms with van der Waals surface area (Å²) in [6.45, 7) is 3.92. The van der Waals surface area contributed by atoms with Crippen molar-refractivity contribution < 1.29 is 24.2 Å². The molecule has 0 bridgehead atoms. The lowest BCUT2D eigenvalue weighted by atomic mass is 10.3. The van der Waals surface area contributed by atoms with Crippen molar-refractivity contribution in [3.63, 3.8) is 0 Å². The summed E-state index contributed by atoms with van der Waals surface area (Å²) in [5, 5.41) is 10.4. The Kier molecular flexibility index (Phi) is 8.55. The molecule has 18 heavy (non-hydrogen) atoms. The van der Waals surface area contributed by atoms with Gasteiger partial charge in [-0.2, -0.15) is 0 Å². The van der Waals surface area contributed by atoms with Gasteiger partial charge in [-0.1, -0.05) is 13.3 Å². The minimum absolute atomic E-state index is 0.441. The quantitative estimate of drug-likeness (QED) is 0.660. The van der Waals surface area contributed by atoms with Crippen molar-refractivity contribution in [1.29, 1.82) is 0 Å². The Hall–Kier alpha value is -1.63. The van der Waals surface area contributed by atoms with E-state index in [2.05, 4.69) is 10.1 Å². The van der Waals surface area contributed by atoms with Gasteiger partial charge in [0, 0.05) is 13.1 Å². The molecular formula is C11H20N2O5. The van der Waals surface area contributed by atoms with Gasteiger partial charge < -0.3 is 14.7 Å². The molecule has 104 valence electrons. The molecule has 0 fully saturated rings. The van der Waals surface area contributed by atoms with E-state index in [9.17, 15) is 14.4 Å². The lowest BCUT2D eigenvalue weighted by Gasteiger charge is -2.20. The number of rotatable bonds is 8. The van der Waals surface area contributed by atoms with E-state index in [-0.39, 0.29) is 0 Å². The van der Waals surface area contributed by atoms with Gasteiger partial charge in [0.1, 0.15) is 13.2 Å². The molecule has 0 aromatic carbocycles. The van der Waals surface area contributed by atoms with Crippen LogP contribution in [-0.2, 0) is 14.3 Å². The monoisotopic (exact) mass is 260 g/mol. The van der Waals surface area contributed by atoms with Gasteiger partial charge in [0.2, 0.25) is 0 Å². The number of imide groups is 1. The Balaban J connectivity index is 3.96. The maximum absolute atomic E-state index is 11.6. The smallest absolute Gasteiger partial charge is 0.329 e. The third-order valence-electron chi connectivity index (χ3n) is 2.16. The molecule has 2 N–H and O–H groups in total. The summed E-state index contributed by atoms with van der Waals surface area (Å²) in [5.41, 5.74) is 0. The number of carbonyl (C=O) groups is 3. The Labute approximate surface area is 106 Å². The van der Waals surface area contributed by atoms with Gasteiger partial charge >= 0.3 is 12.0 Å². The van der Waals surface area contributed by atoms with Gasteiger partial charge in [-0.3, -0.25) is 10.1 Å². The molecule has 0 aliphatic rings. The van der Waals surface area contributed by atoms with Crippen LogP contribution in [0.5, 0.6) is 0 Å². The number of nitrogens with one attached hydrogen (secondary N) is 1. The van der Waals surface area contributed by atoms with E-state index in [0.717, 1.165) is 12.8 Å². The van der Waals surface area contributed by atoms with Crippen LogP contribution in [0.25, 0.3) is 0 Å². The highest BCUT2D eigenvalue weighted by molar-refractivity contribution is 5.94. The van der Waals surface area contributed by atoms with Crippen LogP contribution in [0, 0.1) is 0 Å². The average Bonchev–Trinajstić information content (AvgIpc) is 2.29. The van der Waals surface area contributed by atoms with Gasteiger partial charge in [-0.05, 0) is 13.3 Å². The highest BCUT2D eigenvalue weighted by Crippen LogP contribution is 1.95. The molecule has 0 unspecified atom stereocenters. The van der Waals surface area contributed by atoms with Crippen molar-refractivity contribution >= 4 is 17.9 Å². The van der Waals surface area contributed by atoms with Crippen LogP contribution >= 0.6 is 0 Å². The third-order valence-corrected chi connectivity index (χ3v) is 2.16. The Morgan fingerprint density at radius 3 is 2.39 bits per heavy atom. The van der Waals surface area contributed by atoms with Crippen molar-refractivity contribution in [3.05, 3.63) is 0 Å². The highest BCUT2D eigenvalue weighted by atomic mass is 16.5. The largest absolute Gasteiger partial charge is 0.480 e. The fourth-order valence-electron chi connectivity index (χ4n) is 1.22. The predicted octanol–water partition coefficient (Wildman–Crippen LogP) is 0.446. The lowest BCUT2D eigenvalue weighted by Crippen LogP contribution is -2.44. The maximum Gasteiger partial charge on any atom is 0.329 e. The zero-order valence-corrected chi connectivity index (χ0v) is 10.8. The SMILES string of the molecule is CCCCN(CC)C(=O)NC(=O)COCC(=O)O. The number of carboxylic acid groups (broad SMARTS) is 1. The number of carboxylic acids is 1. The molecule has 0 saturated carbocycles. The molecule has 0 radical (unpaired) electrons. The molecule has 0 atom stereocenters. The fraction of sp³-hybridized carbons (Fsp3) is 0.727. The summed E-state index contributed by atoms with van der Waals surface area (Å²) in [6.07, 6.45) is 1.82. The summed E-state index contributed by atoms with van der Waals surface area (Å²) >= 11 is 0. The summed E-state index contributed by atoms with van der Waals surface area (Å²) in [5.74, 6) is -1.80. The Morgan fingerprint density at radius 2 is 1.89 bits per heavy atom. The highest BCUT2D eigenvalue weighted by Gasteiger charge is 2.14. The normalized spacial score (nSPS) is 9.89. The number of hydrogen-bond acceptors (Lipinski definition) is 4. The minimum Gasteiger partial charge on any atom is -0.480 e. The number of ether oxygens (including phenoxy) is 1. The molecule has 0 aliphatic carbocycles. The van der Waals surface area contributed by atoms with Crippen LogP contribution in [0.2, 0.25) is 0 Å². The molecular weight excluding hydrogens is 240 g/mol. The number of nitrogens with zero attached hydrogens (tertiary/aromatic N) is 1. The van der Waals surface area contributed by atoms with E-state index < -0.39 is 31.1 Å². The van der Waals surface area contributed by atoms with E-state index in [0.29, 0.717) is 13.1 Å². The first-order chi connectivity index (χ1) is 8.51. The topological polar surface area (TPSA) is 95.9 Å². The second-order valence-electron chi connectivity index (χ2n) is 3.67. The van der Waals surface area contributed by atoms with Crippen LogP contribution < -0.4 is 5.32 Å².